The van der Waals surface area contributed by atoms with Crippen molar-refractivity contribution < 1.29 is 4.79 Å². The van der Waals surface area contributed by atoms with Gasteiger partial charge in [-0.05, 0) is 18.6 Å². The molecule has 0 fully saturated rings. The molecule has 4 nitrogen and oxygen atoms in total. The molecule has 0 aromatic carbocycles. The van der Waals surface area contributed by atoms with Gasteiger partial charge in [-0.1, -0.05) is 0 Å². The minimum Gasteiger partial charge on any atom is -0.397 e. The molecule has 1 rings (SSSR count). The van der Waals surface area contributed by atoms with E-state index in [9.17, 15) is 4.79 Å². The minimum absolute atomic E-state index is 0.0539. The summed E-state index contributed by atoms with van der Waals surface area (Å²) in [5.41, 5.74) is 8.02. The summed E-state index contributed by atoms with van der Waals surface area (Å²) in [5.74, 6) is -0.0539. The van der Waals surface area contributed by atoms with Gasteiger partial charge in [0, 0.05) is 19.2 Å². The summed E-state index contributed by atoms with van der Waals surface area (Å²) in [6, 6.07) is 1.82. The average molecular weight is 179 g/mol. The van der Waals surface area contributed by atoms with Gasteiger partial charge in [-0.3, -0.25) is 9.78 Å². The van der Waals surface area contributed by atoms with Gasteiger partial charge < -0.3 is 11.1 Å². The topological polar surface area (TPSA) is 68.0 Å². The van der Waals surface area contributed by atoms with Crippen LogP contribution in [-0.2, 0) is 11.3 Å². The molecule has 0 aliphatic carbocycles. The van der Waals surface area contributed by atoms with E-state index in [1.807, 2.05) is 13.0 Å². The van der Waals surface area contributed by atoms with Gasteiger partial charge in [0.1, 0.15) is 0 Å². The van der Waals surface area contributed by atoms with Crippen molar-refractivity contribution in [2.45, 2.75) is 20.4 Å². The van der Waals surface area contributed by atoms with Crippen LogP contribution in [-0.4, -0.2) is 10.9 Å². The molecule has 0 bridgehead atoms. The zero-order chi connectivity index (χ0) is 9.84. The number of anilines is 1. The quantitative estimate of drug-likeness (QED) is 0.698. The molecular weight excluding hydrogens is 166 g/mol. The number of amides is 1. The van der Waals surface area contributed by atoms with Gasteiger partial charge in [0.2, 0.25) is 5.91 Å². The van der Waals surface area contributed by atoms with Crippen molar-refractivity contribution in [3.8, 4) is 0 Å². The van der Waals surface area contributed by atoms with Crippen LogP contribution in [0.3, 0.4) is 0 Å². The lowest BCUT2D eigenvalue weighted by atomic mass is 10.2. The fourth-order valence-electron chi connectivity index (χ4n) is 0.996. The van der Waals surface area contributed by atoms with Crippen molar-refractivity contribution in [3.05, 3.63) is 23.5 Å². The molecule has 70 valence electrons. The normalized spacial score (nSPS) is 9.69. The van der Waals surface area contributed by atoms with E-state index in [-0.39, 0.29) is 5.91 Å². The summed E-state index contributed by atoms with van der Waals surface area (Å²) in [6.45, 7) is 3.85. The van der Waals surface area contributed by atoms with Crippen LogP contribution >= 0.6 is 0 Å². The molecular formula is C9H13N3O. The molecule has 13 heavy (non-hydrogen) atoms. The Labute approximate surface area is 77.2 Å². The van der Waals surface area contributed by atoms with E-state index >= 15 is 0 Å². The summed E-state index contributed by atoms with van der Waals surface area (Å²) in [5, 5.41) is 2.70. The number of rotatable bonds is 2. The standard InChI is InChI=1S/C9H13N3O/c1-6-8(4-12-7(2)13)3-9(10)5-11-6/h3,5H,4,10H2,1-2H3,(H,12,13). The molecule has 4 heteroatoms. The number of hydrogen-bond donors (Lipinski definition) is 2. The van der Waals surface area contributed by atoms with Crippen LogP contribution in [0.1, 0.15) is 18.2 Å². The molecule has 0 aliphatic rings. The Morgan fingerprint density at radius 1 is 1.69 bits per heavy atom. The van der Waals surface area contributed by atoms with Crippen molar-refractivity contribution in [3.63, 3.8) is 0 Å². The van der Waals surface area contributed by atoms with E-state index in [0.717, 1.165) is 11.3 Å². The number of nitrogens with two attached hydrogens (primary N) is 1. The van der Waals surface area contributed by atoms with Crippen LogP contribution in [0.2, 0.25) is 0 Å². The number of aromatic nitrogens is 1. The van der Waals surface area contributed by atoms with Crippen LogP contribution in [0.25, 0.3) is 0 Å². The summed E-state index contributed by atoms with van der Waals surface area (Å²) in [4.78, 5) is 14.7. The van der Waals surface area contributed by atoms with Crippen molar-refractivity contribution in [1.82, 2.24) is 10.3 Å². The monoisotopic (exact) mass is 179 g/mol. The third-order valence-corrected chi connectivity index (χ3v) is 1.74. The summed E-state index contributed by atoms with van der Waals surface area (Å²) >= 11 is 0. The number of hydrogen-bond acceptors (Lipinski definition) is 3. The zero-order valence-corrected chi connectivity index (χ0v) is 7.79. The molecule has 0 saturated heterocycles. The van der Waals surface area contributed by atoms with Gasteiger partial charge in [-0.25, -0.2) is 0 Å². The number of nitrogens with one attached hydrogen (secondary N) is 1. The first-order valence-electron chi connectivity index (χ1n) is 4.05. The fourth-order valence-corrected chi connectivity index (χ4v) is 0.996. The van der Waals surface area contributed by atoms with E-state index in [4.69, 9.17) is 5.73 Å². The van der Waals surface area contributed by atoms with Crippen LogP contribution in [0, 0.1) is 6.92 Å². The molecule has 0 spiro atoms. The maximum absolute atomic E-state index is 10.7. The molecule has 1 heterocycles. The van der Waals surface area contributed by atoms with Gasteiger partial charge in [0.15, 0.2) is 0 Å². The van der Waals surface area contributed by atoms with Crippen LogP contribution < -0.4 is 11.1 Å². The van der Waals surface area contributed by atoms with Gasteiger partial charge in [0.05, 0.1) is 11.9 Å². The van der Waals surface area contributed by atoms with Crippen molar-refractivity contribution in [1.29, 1.82) is 0 Å². The smallest absolute Gasteiger partial charge is 0.217 e. The Kier molecular flexibility index (Phi) is 2.84. The minimum atomic E-state index is -0.0539. The lowest BCUT2D eigenvalue weighted by Crippen LogP contribution is -2.19. The van der Waals surface area contributed by atoms with Gasteiger partial charge >= 0.3 is 0 Å². The molecule has 0 radical (unpaired) electrons. The number of nitrogen functional groups attached to an aromatic ring is 1. The van der Waals surface area contributed by atoms with Crippen LogP contribution in [0.5, 0.6) is 0 Å². The lowest BCUT2D eigenvalue weighted by molar-refractivity contribution is -0.119. The van der Waals surface area contributed by atoms with E-state index in [1.165, 1.54) is 6.92 Å². The summed E-state index contributed by atoms with van der Waals surface area (Å²) < 4.78 is 0. The maximum Gasteiger partial charge on any atom is 0.217 e. The van der Waals surface area contributed by atoms with Crippen molar-refractivity contribution in [2.75, 3.05) is 5.73 Å². The van der Waals surface area contributed by atoms with E-state index in [0.29, 0.717) is 12.2 Å². The Balaban J connectivity index is 2.75. The highest BCUT2D eigenvalue weighted by Crippen LogP contribution is 2.08. The number of carbonyl (C=O) groups is 1. The second kappa shape index (κ2) is 3.89. The predicted molar refractivity (Wildman–Crippen MR) is 50.9 cm³/mol. The molecule has 0 saturated carbocycles. The lowest BCUT2D eigenvalue weighted by Gasteiger charge is -2.05. The zero-order valence-electron chi connectivity index (χ0n) is 7.79. The Hall–Kier alpha value is -1.58. The highest BCUT2D eigenvalue weighted by atomic mass is 16.1. The fraction of sp³-hybridized carbons (Fsp3) is 0.333. The predicted octanol–water partition coefficient (Wildman–Crippen LogP) is 0.608. The first-order valence-corrected chi connectivity index (χ1v) is 4.05. The first kappa shape index (κ1) is 9.51. The highest BCUT2D eigenvalue weighted by Gasteiger charge is 2.00. The number of nitrogens with zero attached hydrogens (tertiary/aromatic N) is 1. The molecule has 3 N–H and O–H groups in total. The first-order chi connectivity index (χ1) is 6.09. The van der Waals surface area contributed by atoms with Crippen molar-refractivity contribution >= 4 is 11.6 Å². The Morgan fingerprint density at radius 2 is 2.38 bits per heavy atom. The molecule has 0 unspecified atom stereocenters. The van der Waals surface area contributed by atoms with Gasteiger partial charge in [-0.15, -0.1) is 0 Å². The van der Waals surface area contributed by atoms with E-state index < -0.39 is 0 Å². The number of aryl methyl sites for hydroxylation is 1. The van der Waals surface area contributed by atoms with E-state index in [1.54, 1.807) is 6.20 Å². The second-order valence-electron chi connectivity index (χ2n) is 2.92. The van der Waals surface area contributed by atoms with Gasteiger partial charge in [-0.2, -0.15) is 0 Å². The van der Waals surface area contributed by atoms with Gasteiger partial charge in [0.25, 0.3) is 0 Å². The molecule has 1 amide bonds. The summed E-state index contributed by atoms with van der Waals surface area (Å²) in [6.07, 6.45) is 1.60. The molecule has 0 atom stereocenters. The highest BCUT2D eigenvalue weighted by molar-refractivity contribution is 5.72. The second-order valence-corrected chi connectivity index (χ2v) is 2.92. The molecule has 1 aromatic heterocycles. The SMILES string of the molecule is CC(=O)NCc1cc(N)cnc1C. The Morgan fingerprint density at radius 3 is 3.00 bits per heavy atom. The Bertz CT molecular complexity index is 323. The molecule has 1 aromatic rings. The number of pyridine rings is 1. The van der Waals surface area contributed by atoms with Crippen molar-refractivity contribution in [2.24, 2.45) is 0 Å². The van der Waals surface area contributed by atoms with Crippen LogP contribution in [0.4, 0.5) is 5.69 Å². The maximum atomic E-state index is 10.7. The van der Waals surface area contributed by atoms with Crippen LogP contribution in [0.15, 0.2) is 12.3 Å². The third kappa shape index (κ3) is 2.74. The third-order valence-electron chi connectivity index (χ3n) is 1.74. The molecule has 0 aliphatic heterocycles. The van der Waals surface area contributed by atoms with E-state index in [2.05, 4.69) is 10.3 Å². The number of carbonyl (C=O) groups excluding carboxylic acids is 1. The summed E-state index contributed by atoms with van der Waals surface area (Å²) in [7, 11) is 0. The average Bonchev–Trinajstić information content (AvgIpc) is 2.06. The largest absolute Gasteiger partial charge is 0.397 e.